The Kier molecular flexibility index (Phi) is 4.61. The summed E-state index contributed by atoms with van der Waals surface area (Å²) in [6.07, 6.45) is 1.39. The van der Waals surface area contributed by atoms with Gasteiger partial charge in [-0.05, 0) is 25.1 Å². The van der Waals surface area contributed by atoms with Crippen LogP contribution in [0.5, 0.6) is 0 Å². The second-order valence-electron chi connectivity index (χ2n) is 5.31. The van der Waals surface area contributed by atoms with Crippen molar-refractivity contribution in [3.63, 3.8) is 0 Å². The fourth-order valence-electron chi connectivity index (χ4n) is 2.36. The molecule has 3 rings (SSSR count). The lowest BCUT2D eigenvalue weighted by molar-refractivity contribution is 0.0967. The molecule has 9 heteroatoms. The fourth-order valence-corrected chi connectivity index (χ4v) is 2.71. The second-order valence-corrected chi connectivity index (χ2v) is 6.10. The van der Waals surface area contributed by atoms with Gasteiger partial charge >= 0.3 is 6.03 Å². The number of carbonyl (C=O) groups is 2. The first kappa shape index (κ1) is 17.2. The second kappa shape index (κ2) is 6.70. The molecule has 2 heterocycles. The Morgan fingerprint density at radius 1 is 1.24 bits per heavy atom. The normalized spacial score (nSPS) is 10.7. The molecule has 2 aromatic heterocycles. The lowest BCUT2D eigenvalue weighted by Crippen LogP contribution is -2.34. The maximum atomic E-state index is 12.3. The van der Waals surface area contributed by atoms with Gasteiger partial charge in [-0.1, -0.05) is 29.3 Å². The monoisotopic (exact) mass is 377 g/mol. The third-order valence-electron chi connectivity index (χ3n) is 3.55. The summed E-state index contributed by atoms with van der Waals surface area (Å²) in [5, 5.41) is 10.2. The number of urea groups is 1. The van der Waals surface area contributed by atoms with Crippen molar-refractivity contribution < 1.29 is 9.59 Å². The molecule has 1 aromatic carbocycles. The van der Waals surface area contributed by atoms with E-state index in [1.165, 1.54) is 6.20 Å². The minimum atomic E-state index is -0.725. The van der Waals surface area contributed by atoms with Crippen molar-refractivity contribution in [2.45, 2.75) is 6.92 Å². The molecule has 128 valence electrons. The number of nitrogens with zero attached hydrogens (tertiary/aromatic N) is 3. The zero-order valence-electron chi connectivity index (χ0n) is 13.3. The average Bonchev–Trinajstić information content (AvgIpc) is 2.86. The Morgan fingerprint density at radius 2 is 2.00 bits per heavy atom. The van der Waals surface area contributed by atoms with Gasteiger partial charge in [0.2, 0.25) is 0 Å². The van der Waals surface area contributed by atoms with E-state index in [0.29, 0.717) is 16.4 Å². The van der Waals surface area contributed by atoms with Gasteiger partial charge in [0.1, 0.15) is 0 Å². The van der Waals surface area contributed by atoms with Crippen LogP contribution in [0.1, 0.15) is 16.1 Å². The number of fused-ring (bicyclic) bond motifs is 1. The van der Waals surface area contributed by atoms with E-state index in [0.717, 1.165) is 11.1 Å². The summed E-state index contributed by atoms with van der Waals surface area (Å²) in [5.41, 5.74) is 1.95. The summed E-state index contributed by atoms with van der Waals surface area (Å²) in [7, 11) is 1.77. The van der Waals surface area contributed by atoms with Crippen molar-refractivity contribution in [1.29, 1.82) is 0 Å². The van der Waals surface area contributed by atoms with Crippen molar-refractivity contribution in [3.8, 4) is 0 Å². The Bertz CT molecular complexity index is 1000. The molecule has 0 saturated heterocycles. The Labute approximate surface area is 152 Å². The predicted octanol–water partition coefficient (Wildman–Crippen LogP) is 3.55. The van der Waals surface area contributed by atoms with Crippen LogP contribution in [0.2, 0.25) is 10.0 Å². The molecule has 25 heavy (non-hydrogen) atoms. The maximum Gasteiger partial charge on any atom is 0.326 e. The number of amides is 3. The molecule has 0 bridgehead atoms. The molecule has 0 atom stereocenters. The van der Waals surface area contributed by atoms with E-state index < -0.39 is 11.9 Å². The number of aryl methyl sites for hydroxylation is 2. The van der Waals surface area contributed by atoms with E-state index in [1.54, 1.807) is 36.0 Å². The summed E-state index contributed by atoms with van der Waals surface area (Å²) < 4.78 is 1.63. The quantitative estimate of drug-likeness (QED) is 0.714. The number of anilines is 1. The van der Waals surface area contributed by atoms with Crippen LogP contribution in [0.25, 0.3) is 11.0 Å². The summed E-state index contributed by atoms with van der Waals surface area (Å²) in [5.74, 6) is -0.590. The van der Waals surface area contributed by atoms with Crippen LogP contribution < -0.4 is 10.6 Å². The van der Waals surface area contributed by atoms with Gasteiger partial charge in [0, 0.05) is 18.6 Å². The molecule has 2 N–H and O–H groups in total. The van der Waals surface area contributed by atoms with Crippen molar-refractivity contribution in [3.05, 3.63) is 51.8 Å². The van der Waals surface area contributed by atoms with Crippen LogP contribution in [0.15, 0.2) is 30.5 Å². The minimum Gasteiger partial charge on any atom is -0.306 e. The molecule has 0 saturated carbocycles. The van der Waals surface area contributed by atoms with Crippen LogP contribution in [0.4, 0.5) is 10.5 Å². The van der Waals surface area contributed by atoms with Crippen molar-refractivity contribution in [1.82, 2.24) is 20.1 Å². The van der Waals surface area contributed by atoms with Gasteiger partial charge in [0.25, 0.3) is 5.91 Å². The van der Waals surface area contributed by atoms with E-state index in [9.17, 15) is 9.59 Å². The first-order valence-corrected chi connectivity index (χ1v) is 7.98. The van der Waals surface area contributed by atoms with Gasteiger partial charge in [-0.15, -0.1) is 0 Å². The smallest absolute Gasteiger partial charge is 0.306 e. The molecule has 0 spiro atoms. The molecule has 7 nitrogen and oxygen atoms in total. The predicted molar refractivity (Wildman–Crippen MR) is 96.2 cm³/mol. The molecule has 0 aliphatic rings. The molecule has 0 aliphatic heterocycles. The first-order chi connectivity index (χ1) is 11.9. The van der Waals surface area contributed by atoms with E-state index in [-0.39, 0.29) is 10.6 Å². The third kappa shape index (κ3) is 3.42. The maximum absolute atomic E-state index is 12.3. The van der Waals surface area contributed by atoms with Gasteiger partial charge < -0.3 is 5.32 Å². The highest BCUT2D eigenvalue weighted by Gasteiger charge is 2.15. The van der Waals surface area contributed by atoms with Crippen LogP contribution in [-0.2, 0) is 7.05 Å². The number of nitrogens with one attached hydrogen (secondary N) is 2. The molecular formula is C16H13Cl2N5O2. The van der Waals surface area contributed by atoms with Crippen LogP contribution in [0, 0.1) is 6.92 Å². The van der Waals surface area contributed by atoms with Crippen molar-refractivity contribution in [2.24, 2.45) is 7.05 Å². The van der Waals surface area contributed by atoms with Crippen LogP contribution in [-0.4, -0.2) is 26.7 Å². The van der Waals surface area contributed by atoms with Gasteiger partial charge in [-0.3, -0.25) is 14.8 Å². The Hall–Kier alpha value is -2.64. The number of imide groups is 1. The average molecular weight is 378 g/mol. The lowest BCUT2D eigenvalue weighted by atomic mass is 10.2. The molecule has 3 aromatic rings. The number of halogens is 2. The van der Waals surface area contributed by atoms with Gasteiger partial charge in [0.05, 0.1) is 27.0 Å². The number of hydrogen-bond donors (Lipinski definition) is 2. The molecule has 0 radical (unpaired) electrons. The van der Waals surface area contributed by atoms with E-state index in [2.05, 4.69) is 20.7 Å². The highest BCUT2D eigenvalue weighted by atomic mass is 35.5. The van der Waals surface area contributed by atoms with Crippen LogP contribution in [0.3, 0.4) is 0 Å². The number of carbonyl (C=O) groups excluding carboxylic acids is 2. The molecule has 0 fully saturated rings. The van der Waals surface area contributed by atoms with Gasteiger partial charge in [-0.25, -0.2) is 9.78 Å². The zero-order chi connectivity index (χ0) is 18.1. The minimum absolute atomic E-state index is 0.195. The lowest BCUT2D eigenvalue weighted by Gasteiger charge is -2.09. The molecule has 3 amide bonds. The molecule has 0 aliphatic carbocycles. The van der Waals surface area contributed by atoms with Crippen molar-refractivity contribution in [2.75, 3.05) is 5.32 Å². The topological polar surface area (TPSA) is 88.9 Å². The largest absolute Gasteiger partial charge is 0.326 e. The summed E-state index contributed by atoms with van der Waals surface area (Å²) >= 11 is 11.9. The zero-order valence-corrected chi connectivity index (χ0v) is 14.8. The SMILES string of the molecule is Cc1nn(C)c2ncc(C(=O)NC(=O)Nc3cccc(Cl)c3Cl)cc12. The van der Waals surface area contributed by atoms with Crippen LogP contribution >= 0.6 is 23.2 Å². The number of hydrogen-bond acceptors (Lipinski definition) is 4. The summed E-state index contributed by atoms with van der Waals surface area (Å²) in [6, 6.07) is 5.71. The number of pyridine rings is 1. The van der Waals surface area contributed by atoms with E-state index in [4.69, 9.17) is 23.2 Å². The Morgan fingerprint density at radius 3 is 2.76 bits per heavy atom. The van der Waals surface area contributed by atoms with Gasteiger partial charge in [0.15, 0.2) is 5.65 Å². The summed E-state index contributed by atoms with van der Waals surface area (Å²) in [6.45, 7) is 1.82. The van der Waals surface area contributed by atoms with Crippen molar-refractivity contribution >= 4 is 51.9 Å². The Balaban J connectivity index is 1.76. The molecule has 0 unspecified atom stereocenters. The highest BCUT2D eigenvalue weighted by Crippen LogP contribution is 2.29. The number of benzene rings is 1. The first-order valence-electron chi connectivity index (χ1n) is 7.22. The highest BCUT2D eigenvalue weighted by molar-refractivity contribution is 6.44. The molecular weight excluding hydrogens is 365 g/mol. The van der Waals surface area contributed by atoms with E-state index >= 15 is 0 Å². The number of aromatic nitrogens is 3. The summed E-state index contributed by atoms with van der Waals surface area (Å²) in [4.78, 5) is 28.5. The van der Waals surface area contributed by atoms with Gasteiger partial charge in [-0.2, -0.15) is 5.10 Å². The third-order valence-corrected chi connectivity index (χ3v) is 4.37. The van der Waals surface area contributed by atoms with E-state index in [1.807, 2.05) is 6.92 Å². The standard InChI is InChI=1S/C16H13Cl2N5O2/c1-8-10-6-9(7-19-14(10)23(2)22-8)15(24)21-16(25)20-12-5-3-4-11(17)13(12)18/h3-7H,1-2H3,(H2,20,21,24,25). The fraction of sp³-hybridized carbons (Fsp3) is 0.125. The number of rotatable bonds is 2.